The number of amides is 1. The molecule has 0 bridgehead atoms. The lowest BCUT2D eigenvalue weighted by Crippen LogP contribution is -2.49. The number of nitrogens with one attached hydrogen (secondary N) is 2. The molecule has 1 aliphatic carbocycles. The van der Waals surface area contributed by atoms with E-state index >= 15 is 0 Å². The maximum Gasteiger partial charge on any atom is 0.423 e. The third-order valence-electron chi connectivity index (χ3n) is 7.11. The molecule has 1 aromatic carbocycles. The number of nitrogens with zero attached hydrogens (tertiary/aromatic N) is 5. The monoisotopic (exact) mass is 553 g/mol. The van der Waals surface area contributed by atoms with Gasteiger partial charge in [-0.2, -0.15) is 23.5 Å². The van der Waals surface area contributed by atoms with E-state index in [9.17, 15) is 22.8 Å². The summed E-state index contributed by atoms with van der Waals surface area (Å²) >= 11 is 0. The summed E-state index contributed by atoms with van der Waals surface area (Å²) < 4.78 is 46.9. The number of ether oxygens (including phenoxy) is 1. The van der Waals surface area contributed by atoms with Gasteiger partial charge in [0, 0.05) is 38.8 Å². The van der Waals surface area contributed by atoms with Gasteiger partial charge in [0.25, 0.3) is 5.56 Å². The van der Waals surface area contributed by atoms with Crippen LogP contribution in [0.5, 0.6) is 0 Å². The second kappa shape index (κ2) is 11.4. The minimum atomic E-state index is -4.88. The van der Waals surface area contributed by atoms with E-state index in [2.05, 4.69) is 15.4 Å². The van der Waals surface area contributed by atoms with Crippen LogP contribution in [-0.4, -0.2) is 64.9 Å². The van der Waals surface area contributed by atoms with Gasteiger partial charge in [0.05, 0.1) is 42.6 Å². The van der Waals surface area contributed by atoms with Crippen molar-refractivity contribution in [3.05, 3.63) is 81.4 Å². The van der Waals surface area contributed by atoms with Crippen LogP contribution in [0.3, 0.4) is 0 Å². The van der Waals surface area contributed by atoms with Crippen molar-refractivity contribution in [3.8, 4) is 6.07 Å². The summed E-state index contributed by atoms with van der Waals surface area (Å²) in [5, 5.41) is 17.2. The fourth-order valence-corrected chi connectivity index (χ4v) is 5.12. The lowest BCUT2D eigenvalue weighted by atomic mass is 10.1. The van der Waals surface area contributed by atoms with Gasteiger partial charge in [-0.15, -0.1) is 0 Å². The van der Waals surface area contributed by atoms with Crippen molar-refractivity contribution in [2.24, 2.45) is 0 Å². The van der Waals surface area contributed by atoms with Gasteiger partial charge in [-0.25, -0.2) is 10.1 Å². The second-order valence-corrected chi connectivity index (χ2v) is 9.55. The molecule has 1 saturated heterocycles. The normalized spacial score (nSPS) is 18.8. The summed E-state index contributed by atoms with van der Waals surface area (Å²) in [5.41, 5.74) is -0.958. The molecule has 13 heteroatoms. The third kappa shape index (κ3) is 5.76. The molecule has 2 aromatic heterocycles. The lowest BCUT2D eigenvalue weighted by Gasteiger charge is -2.35. The van der Waals surface area contributed by atoms with Crippen LogP contribution in [0, 0.1) is 11.3 Å². The summed E-state index contributed by atoms with van der Waals surface area (Å²) in [6, 6.07) is 12.2. The Kier molecular flexibility index (Phi) is 7.70. The number of carbonyl (C=O) groups is 1. The highest BCUT2D eigenvalue weighted by Crippen LogP contribution is 2.39. The zero-order valence-corrected chi connectivity index (χ0v) is 21.3. The summed E-state index contributed by atoms with van der Waals surface area (Å²) in [5.74, 6) is 0.670. The maximum atomic E-state index is 13.6. The van der Waals surface area contributed by atoms with Crippen molar-refractivity contribution in [2.45, 2.75) is 31.2 Å². The first-order valence-corrected chi connectivity index (χ1v) is 12.7. The number of benzene rings is 1. The van der Waals surface area contributed by atoms with E-state index in [1.807, 2.05) is 28.2 Å². The van der Waals surface area contributed by atoms with Gasteiger partial charge in [0.2, 0.25) is 5.91 Å². The van der Waals surface area contributed by atoms with E-state index in [0.29, 0.717) is 38.2 Å². The van der Waals surface area contributed by atoms with E-state index in [1.54, 1.807) is 29.2 Å². The molecular formula is C27H26F3N7O3. The number of nitriles is 1. The average molecular weight is 554 g/mol. The highest BCUT2D eigenvalue weighted by molar-refractivity contribution is 5.76. The summed E-state index contributed by atoms with van der Waals surface area (Å²) in [6.45, 7) is 2.31. The molecule has 208 valence electrons. The third-order valence-corrected chi connectivity index (χ3v) is 7.11. The Morgan fingerprint density at radius 2 is 1.93 bits per heavy atom. The van der Waals surface area contributed by atoms with Gasteiger partial charge in [0.15, 0.2) is 0 Å². The van der Waals surface area contributed by atoms with Gasteiger partial charge < -0.3 is 19.9 Å². The second-order valence-electron chi connectivity index (χ2n) is 9.55. The van der Waals surface area contributed by atoms with Crippen LogP contribution in [0.2, 0.25) is 0 Å². The highest BCUT2D eigenvalue weighted by atomic mass is 19.4. The quantitative estimate of drug-likeness (QED) is 0.457. The number of rotatable bonds is 7. The number of halogens is 3. The Balaban J connectivity index is 1.19. The minimum absolute atomic E-state index is 0.0781. The van der Waals surface area contributed by atoms with Crippen LogP contribution in [0.1, 0.15) is 34.7 Å². The standard InChI is InChI=1S/C27H26F3N7O3/c28-27(29,30)24-20(16-33-35-26(24)39)34-25-19-4-2-1-3-18(19)13-21(25)40-12-7-23(38)37-10-8-36(9-11-37)22-6-5-17(14-31)15-32-22/h1-6,15-16,21,25H,7-13H2,(H2,34,35,39)/t21-,25-/m1/s1. The molecule has 10 nitrogen and oxygen atoms in total. The lowest BCUT2D eigenvalue weighted by molar-refractivity contribution is -0.138. The molecule has 2 aliphatic rings. The van der Waals surface area contributed by atoms with Crippen LogP contribution in [0.4, 0.5) is 24.7 Å². The molecule has 0 saturated carbocycles. The fraction of sp³-hybridized carbons (Fsp3) is 0.370. The first kappa shape index (κ1) is 27.1. The molecule has 1 amide bonds. The number of anilines is 2. The van der Waals surface area contributed by atoms with Gasteiger partial charge in [-0.1, -0.05) is 24.3 Å². The predicted octanol–water partition coefficient (Wildman–Crippen LogP) is 2.89. The molecule has 0 radical (unpaired) electrons. The summed E-state index contributed by atoms with van der Waals surface area (Å²) in [6.07, 6.45) is -2.40. The molecule has 3 heterocycles. The number of piperazine rings is 1. The van der Waals surface area contributed by atoms with Gasteiger partial charge in [-0.05, 0) is 23.3 Å². The summed E-state index contributed by atoms with van der Waals surface area (Å²) in [4.78, 5) is 32.9. The topological polar surface area (TPSA) is 127 Å². The molecule has 0 spiro atoms. The number of alkyl halides is 3. The number of aromatic nitrogens is 3. The number of hydrogen-bond acceptors (Lipinski definition) is 8. The Morgan fingerprint density at radius 1 is 1.15 bits per heavy atom. The maximum absolute atomic E-state index is 13.6. The van der Waals surface area contributed by atoms with Crippen molar-refractivity contribution in [1.82, 2.24) is 20.1 Å². The number of pyridine rings is 1. The van der Waals surface area contributed by atoms with Gasteiger partial charge in [-0.3, -0.25) is 9.59 Å². The smallest absolute Gasteiger partial charge is 0.375 e. The van der Waals surface area contributed by atoms with Crippen LogP contribution in [-0.2, 0) is 22.1 Å². The van der Waals surface area contributed by atoms with Crippen LogP contribution in [0.25, 0.3) is 0 Å². The van der Waals surface area contributed by atoms with Crippen LogP contribution in [0.15, 0.2) is 53.6 Å². The van der Waals surface area contributed by atoms with Crippen LogP contribution < -0.4 is 15.8 Å². The number of fused-ring (bicyclic) bond motifs is 1. The molecule has 3 aromatic rings. The van der Waals surface area contributed by atoms with Gasteiger partial charge >= 0.3 is 6.18 Å². The molecule has 1 fully saturated rings. The highest BCUT2D eigenvalue weighted by Gasteiger charge is 2.40. The number of hydrogen-bond donors (Lipinski definition) is 2. The molecule has 1 aliphatic heterocycles. The zero-order chi connectivity index (χ0) is 28.3. The number of aromatic amines is 1. The molecule has 2 N–H and O–H groups in total. The van der Waals surface area contributed by atoms with E-state index in [-0.39, 0.29) is 18.9 Å². The van der Waals surface area contributed by atoms with E-state index in [1.165, 1.54) is 6.20 Å². The van der Waals surface area contributed by atoms with Crippen molar-refractivity contribution < 1.29 is 22.7 Å². The molecular weight excluding hydrogens is 527 g/mol. The Morgan fingerprint density at radius 3 is 2.62 bits per heavy atom. The molecule has 5 rings (SSSR count). The van der Waals surface area contributed by atoms with Crippen molar-refractivity contribution in [2.75, 3.05) is 43.0 Å². The SMILES string of the molecule is N#Cc1ccc(N2CCN(C(=O)CCO[C@@H]3Cc4ccccc4[C@H]3Nc3cn[nH]c(=O)c3C(F)(F)F)CC2)nc1. The predicted molar refractivity (Wildman–Crippen MR) is 138 cm³/mol. The molecule has 40 heavy (non-hydrogen) atoms. The van der Waals surface area contributed by atoms with Gasteiger partial charge in [0.1, 0.15) is 17.5 Å². The first-order valence-electron chi connectivity index (χ1n) is 12.7. The first-order chi connectivity index (χ1) is 19.2. The summed E-state index contributed by atoms with van der Waals surface area (Å²) in [7, 11) is 0. The van der Waals surface area contributed by atoms with E-state index in [4.69, 9.17) is 10.00 Å². The molecule has 0 unspecified atom stereocenters. The van der Waals surface area contributed by atoms with Crippen molar-refractivity contribution in [3.63, 3.8) is 0 Å². The zero-order valence-electron chi connectivity index (χ0n) is 21.3. The minimum Gasteiger partial charge on any atom is -0.375 e. The van der Waals surface area contributed by atoms with Crippen molar-refractivity contribution >= 4 is 17.4 Å². The Labute approximate surface area is 227 Å². The van der Waals surface area contributed by atoms with Crippen LogP contribution >= 0.6 is 0 Å². The fourth-order valence-electron chi connectivity index (χ4n) is 5.12. The van der Waals surface area contributed by atoms with E-state index < -0.39 is 35.1 Å². The van der Waals surface area contributed by atoms with E-state index in [0.717, 1.165) is 23.1 Å². The average Bonchev–Trinajstić information content (AvgIpc) is 3.29. The Hall–Kier alpha value is -4.44. The largest absolute Gasteiger partial charge is 0.423 e. The van der Waals surface area contributed by atoms with Crippen molar-refractivity contribution in [1.29, 1.82) is 5.26 Å². The number of carbonyl (C=O) groups excluding carboxylic acids is 1. The Bertz CT molecular complexity index is 1460. The number of H-pyrrole nitrogens is 1. The molecule has 2 atom stereocenters.